The molecule has 0 saturated carbocycles. The minimum atomic E-state index is 0.478. The van der Waals surface area contributed by atoms with Gasteiger partial charge in [0.25, 0.3) is 0 Å². The van der Waals surface area contributed by atoms with E-state index in [4.69, 9.17) is 14.2 Å². The van der Waals surface area contributed by atoms with E-state index in [1.807, 2.05) is 19.1 Å². The SMILES string of the molecule is COc1cncc(-c2cc(OC)c(OC)cc2C)n1. The van der Waals surface area contributed by atoms with Crippen LogP contribution < -0.4 is 14.2 Å². The maximum Gasteiger partial charge on any atom is 0.232 e. The van der Waals surface area contributed by atoms with Crippen molar-refractivity contribution in [1.29, 1.82) is 0 Å². The molecule has 0 aliphatic carbocycles. The second-order valence-electron chi connectivity index (χ2n) is 3.97. The molecule has 0 aliphatic rings. The molecule has 0 spiro atoms. The third-order valence-electron chi connectivity index (χ3n) is 2.83. The molecule has 0 bridgehead atoms. The first-order valence-corrected chi connectivity index (χ1v) is 5.78. The maximum atomic E-state index is 5.31. The van der Waals surface area contributed by atoms with Gasteiger partial charge >= 0.3 is 0 Å². The summed E-state index contributed by atoms with van der Waals surface area (Å²) in [5, 5.41) is 0. The van der Waals surface area contributed by atoms with Gasteiger partial charge in [-0.1, -0.05) is 0 Å². The van der Waals surface area contributed by atoms with Crippen LogP contribution in [-0.2, 0) is 0 Å². The van der Waals surface area contributed by atoms with Crippen molar-refractivity contribution in [2.45, 2.75) is 6.92 Å². The number of aryl methyl sites for hydroxylation is 1. The van der Waals surface area contributed by atoms with Crippen LogP contribution in [-0.4, -0.2) is 31.3 Å². The Kier molecular flexibility index (Phi) is 3.85. The number of methoxy groups -OCH3 is 3. The highest BCUT2D eigenvalue weighted by Gasteiger charge is 2.12. The Morgan fingerprint density at radius 1 is 0.895 bits per heavy atom. The zero-order valence-electron chi connectivity index (χ0n) is 11.4. The average molecular weight is 260 g/mol. The Morgan fingerprint density at radius 3 is 2.21 bits per heavy atom. The predicted octanol–water partition coefficient (Wildman–Crippen LogP) is 2.48. The normalized spacial score (nSPS) is 10.1. The lowest BCUT2D eigenvalue weighted by atomic mass is 10.0. The van der Waals surface area contributed by atoms with Gasteiger partial charge in [0.1, 0.15) is 0 Å². The molecular weight excluding hydrogens is 244 g/mol. The van der Waals surface area contributed by atoms with Crippen molar-refractivity contribution in [3.05, 3.63) is 30.1 Å². The topological polar surface area (TPSA) is 53.5 Å². The largest absolute Gasteiger partial charge is 0.493 e. The first-order valence-electron chi connectivity index (χ1n) is 5.78. The average Bonchev–Trinajstić information content (AvgIpc) is 2.46. The van der Waals surface area contributed by atoms with E-state index < -0.39 is 0 Å². The zero-order chi connectivity index (χ0) is 13.8. The molecule has 0 atom stereocenters. The molecule has 1 aromatic heterocycles. The van der Waals surface area contributed by atoms with E-state index in [0.29, 0.717) is 17.4 Å². The summed E-state index contributed by atoms with van der Waals surface area (Å²) in [7, 11) is 4.78. The Balaban J connectivity index is 2.55. The lowest BCUT2D eigenvalue weighted by Gasteiger charge is -2.12. The van der Waals surface area contributed by atoms with Gasteiger partial charge in [0.2, 0.25) is 5.88 Å². The summed E-state index contributed by atoms with van der Waals surface area (Å²) in [6, 6.07) is 3.80. The van der Waals surface area contributed by atoms with Crippen LogP contribution in [0, 0.1) is 6.92 Å². The lowest BCUT2D eigenvalue weighted by Crippen LogP contribution is -1.96. The molecule has 0 saturated heterocycles. The Hall–Kier alpha value is -2.30. The zero-order valence-corrected chi connectivity index (χ0v) is 11.4. The molecule has 100 valence electrons. The van der Waals surface area contributed by atoms with Crippen LogP contribution >= 0.6 is 0 Å². The second kappa shape index (κ2) is 5.56. The predicted molar refractivity (Wildman–Crippen MR) is 71.9 cm³/mol. The van der Waals surface area contributed by atoms with Gasteiger partial charge in [-0.25, -0.2) is 4.98 Å². The molecule has 5 heteroatoms. The maximum absolute atomic E-state index is 5.31. The van der Waals surface area contributed by atoms with Gasteiger partial charge in [-0.15, -0.1) is 0 Å². The van der Waals surface area contributed by atoms with Crippen molar-refractivity contribution >= 4 is 0 Å². The summed E-state index contributed by atoms with van der Waals surface area (Å²) in [5.74, 6) is 1.83. The summed E-state index contributed by atoms with van der Waals surface area (Å²) in [6.07, 6.45) is 3.26. The molecule has 5 nitrogen and oxygen atoms in total. The number of nitrogens with zero attached hydrogens (tertiary/aromatic N) is 2. The quantitative estimate of drug-likeness (QED) is 0.845. The highest BCUT2D eigenvalue weighted by molar-refractivity contribution is 5.67. The van der Waals surface area contributed by atoms with Gasteiger partial charge in [0.05, 0.1) is 39.4 Å². The first-order chi connectivity index (χ1) is 9.19. The van der Waals surface area contributed by atoms with Crippen molar-refractivity contribution in [3.63, 3.8) is 0 Å². The fraction of sp³-hybridized carbons (Fsp3) is 0.286. The minimum Gasteiger partial charge on any atom is -0.493 e. The third-order valence-corrected chi connectivity index (χ3v) is 2.83. The van der Waals surface area contributed by atoms with Crippen LogP contribution in [0.1, 0.15) is 5.56 Å². The van der Waals surface area contributed by atoms with E-state index in [-0.39, 0.29) is 0 Å². The van der Waals surface area contributed by atoms with Crippen molar-refractivity contribution in [2.24, 2.45) is 0 Å². The molecule has 0 fully saturated rings. The van der Waals surface area contributed by atoms with Crippen LogP contribution in [0.4, 0.5) is 0 Å². The van der Waals surface area contributed by atoms with E-state index in [1.54, 1.807) is 33.7 Å². The number of aromatic nitrogens is 2. The monoisotopic (exact) mass is 260 g/mol. The van der Waals surface area contributed by atoms with Crippen LogP contribution in [0.3, 0.4) is 0 Å². The third kappa shape index (κ3) is 2.59. The summed E-state index contributed by atoms with van der Waals surface area (Å²) in [6.45, 7) is 1.98. The Morgan fingerprint density at radius 2 is 1.58 bits per heavy atom. The Bertz CT molecular complexity index is 585. The van der Waals surface area contributed by atoms with Gasteiger partial charge in [-0.3, -0.25) is 4.98 Å². The molecule has 1 heterocycles. The number of ether oxygens (including phenoxy) is 3. The number of hydrogen-bond donors (Lipinski definition) is 0. The standard InChI is InChI=1S/C14H16N2O3/c1-9-5-12(17-2)13(18-3)6-10(9)11-7-15-8-14(16-11)19-4/h5-8H,1-4H3. The molecule has 19 heavy (non-hydrogen) atoms. The smallest absolute Gasteiger partial charge is 0.232 e. The van der Waals surface area contributed by atoms with Gasteiger partial charge in [0.15, 0.2) is 11.5 Å². The molecule has 0 radical (unpaired) electrons. The lowest BCUT2D eigenvalue weighted by molar-refractivity contribution is 0.355. The molecule has 0 N–H and O–H groups in total. The summed E-state index contributed by atoms with van der Waals surface area (Å²) >= 11 is 0. The molecule has 2 rings (SSSR count). The summed E-state index contributed by atoms with van der Waals surface area (Å²) in [4.78, 5) is 8.48. The van der Waals surface area contributed by atoms with Crippen molar-refractivity contribution in [2.75, 3.05) is 21.3 Å². The van der Waals surface area contributed by atoms with Gasteiger partial charge < -0.3 is 14.2 Å². The number of hydrogen-bond acceptors (Lipinski definition) is 5. The Labute approximate surface area is 112 Å². The fourth-order valence-electron chi connectivity index (χ4n) is 1.83. The van der Waals surface area contributed by atoms with E-state index in [1.165, 1.54) is 0 Å². The number of rotatable bonds is 4. The van der Waals surface area contributed by atoms with Crippen LogP contribution in [0.25, 0.3) is 11.3 Å². The van der Waals surface area contributed by atoms with Gasteiger partial charge in [-0.05, 0) is 24.6 Å². The molecule has 0 amide bonds. The van der Waals surface area contributed by atoms with E-state index in [0.717, 1.165) is 16.8 Å². The van der Waals surface area contributed by atoms with Crippen LogP contribution in [0.5, 0.6) is 17.4 Å². The molecule has 2 aromatic rings. The fourth-order valence-corrected chi connectivity index (χ4v) is 1.83. The number of benzene rings is 1. The van der Waals surface area contributed by atoms with Crippen LogP contribution in [0.2, 0.25) is 0 Å². The summed E-state index contributed by atoms with van der Waals surface area (Å²) < 4.78 is 15.7. The van der Waals surface area contributed by atoms with Gasteiger partial charge in [-0.2, -0.15) is 0 Å². The van der Waals surface area contributed by atoms with E-state index in [2.05, 4.69) is 9.97 Å². The van der Waals surface area contributed by atoms with Crippen molar-refractivity contribution < 1.29 is 14.2 Å². The van der Waals surface area contributed by atoms with Gasteiger partial charge in [0, 0.05) is 5.56 Å². The minimum absolute atomic E-state index is 0.478. The van der Waals surface area contributed by atoms with E-state index in [9.17, 15) is 0 Å². The summed E-state index contributed by atoms with van der Waals surface area (Å²) in [5.41, 5.74) is 2.70. The molecular formula is C14H16N2O3. The highest BCUT2D eigenvalue weighted by Crippen LogP contribution is 2.34. The van der Waals surface area contributed by atoms with Crippen molar-refractivity contribution in [1.82, 2.24) is 9.97 Å². The van der Waals surface area contributed by atoms with Crippen LogP contribution in [0.15, 0.2) is 24.5 Å². The first kappa shape index (κ1) is 13.1. The van der Waals surface area contributed by atoms with Crippen molar-refractivity contribution in [3.8, 4) is 28.6 Å². The molecule has 0 aliphatic heterocycles. The molecule has 0 unspecified atom stereocenters. The second-order valence-corrected chi connectivity index (χ2v) is 3.97. The highest BCUT2D eigenvalue weighted by atomic mass is 16.5. The molecule has 1 aromatic carbocycles. The van der Waals surface area contributed by atoms with E-state index >= 15 is 0 Å².